The molecule has 1 heterocycles. The van der Waals surface area contributed by atoms with Crippen molar-refractivity contribution in [3.05, 3.63) is 5.82 Å². The Morgan fingerprint density at radius 1 is 1.50 bits per heavy atom. The molecule has 0 atom stereocenters. The maximum Gasteiger partial charge on any atom is 0.368 e. The predicted molar refractivity (Wildman–Crippen MR) is 49.7 cm³/mol. The SMILES string of the molecule is CCc1nnc(S(=O)(=O)F)n1CC(=O)OC. The van der Waals surface area contributed by atoms with Gasteiger partial charge in [-0.2, -0.15) is 8.42 Å². The first-order valence-corrected chi connectivity index (χ1v) is 5.72. The Hall–Kier alpha value is -1.51. The van der Waals surface area contributed by atoms with Crippen LogP contribution in [-0.2, 0) is 32.7 Å². The van der Waals surface area contributed by atoms with E-state index >= 15 is 0 Å². The number of hydrogen-bond acceptors (Lipinski definition) is 6. The van der Waals surface area contributed by atoms with E-state index in [-0.39, 0.29) is 5.82 Å². The number of carbonyl (C=O) groups excluding carboxylic acids is 1. The highest BCUT2D eigenvalue weighted by Gasteiger charge is 2.24. The largest absolute Gasteiger partial charge is 0.468 e. The third-order valence-corrected chi connectivity index (χ3v) is 2.58. The Labute approximate surface area is 91.4 Å². The second-order valence-corrected chi connectivity index (χ2v) is 4.09. The topological polar surface area (TPSA) is 91.1 Å². The first-order chi connectivity index (χ1) is 7.40. The van der Waals surface area contributed by atoms with E-state index in [1.165, 1.54) is 0 Å². The Balaban J connectivity index is 3.22. The van der Waals surface area contributed by atoms with E-state index in [4.69, 9.17) is 0 Å². The summed E-state index contributed by atoms with van der Waals surface area (Å²) in [4.78, 5) is 11.0. The minimum absolute atomic E-state index is 0.196. The first kappa shape index (κ1) is 12.6. The fourth-order valence-corrected chi connectivity index (χ4v) is 1.68. The van der Waals surface area contributed by atoms with Gasteiger partial charge in [-0.1, -0.05) is 10.8 Å². The van der Waals surface area contributed by atoms with Crippen LogP contribution in [0.25, 0.3) is 0 Å². The molecule has 0 saturated carbocycles. The van der Waals surface area contributed by atoms with Crippen molar-refractivity contribution < 1.29 is 21.8 Å². The lowest BCUT2D eigenvalue weighted by Gasteiger charge is -2.05. The van der Waals surface area contributed by atoms with Crippen molar-refractivity contribution >= 4 is 16.2 Å². The third kappa shape index (κ3) is 2.54. The summed E-state index contributed by atoms with van der Waals surface area (Å²) < 4.78 is 39.4. The first-order valence-electron chi connectivity index (χ1n) is 4.33. The van der Waals surface area contributed by atoms with Crippen LogP contribution >= 0.6 is 0 Å². The average molecular weight is 251 g/mol. The zero-order valence-electron chi connectivity index (χ0n) is 8.68. The maximum atomic E-state index is 12.8. The Morgan fingerprint density at radius 3 is 2.56 bits per heavy atom. The molecule has 1 aromatic heterocycles. The van der Waals surface area contributed by atoms with Gasteiger partial charge < -0.3 is 4.74 Å². The molecule has 0 bridgehead atoms. The number of nitrogens with zero attached hydrogens (tertiary/aromatic N) is 3. The van der Waals surface area contributed by atoms with Crippen molar-refractivity contribution in [2.75, 3.05) is 7.11 Å². The van der Waals surface area contributed by atoms with Gasteiger partial charge in [0.1, 0.15) is 12.4 Å². The fraction of sp³-hybridized carbons (Fsp3) is 0.571. The van der Waals surface area contributed by atoms with Crippen molar-refractivity contribution in [1.82, 2.24) is 14.8 Å². The molecule has 0 spiro atoms. The van der Waals surface area contributed by atoms with E-state index in [1.54, 1.807) is 6.92 Å². The van der Waals surface area contributed by atoms with E-state index in [2.05, 4.69) is 14.9 Å². The van der Waals surface area contributed by atoms with Crippen LogP contribution in [0.3, 0.4) is 0 Å². The molecule has 9 heteroatoms. The number of rotatable bonds is 4. The number of aryl methyl sites for hydroxylation is 1. The lowest BCUT2D eigenvalue weighted by molar-refractivity contribution is -0.141. The van der Waals surface area contributed by atoms with E-state index < -0.39 is 27.9 Å². The second kappa shape index (κ2) is 4.56. The maximum absolute atomic E-state index is 12.8. The molecule has 0 aliphatic heterocycles. The van der Waals surface area contributed by atoms with Gasteiger partial charge in [0.25, 0.3) is 5.16 Å². The molecule has 0 aromatic carbocycles. The minimum atomic E-state index is -5.00. The molecule has 0 radical (unpaired) electrons. The number of carbonyl (C=O) groups is 1. The number of hydrogen-bond donors (Lipinski definition) is 0. The van der Waals surface area contributed by atoms with Crippen molar-refractivity contribution in [3.8, 4) is 0 Å². The molecule has 0 aliphatic rings. The molecule has 1 rings (SSSR count). The molecular weight excluding hydrogens is 241 g/mol. The van der Waals surface area contributed by atoms with Crippen LogP contribution in [0.1, 0.15) is 12.7 Å². The lowest BCUT2D eigenvalue weighted by Crippen LogP contribution is -2.17. The summed E-state index contributed by atoms with van der Waals surface area (Å²) in [5.41, 5.74) is 0. The van der Waals surface area contributed by atoms with Gasteiger partial charge in [-0.05, 0) is 0 Å². The molecular formula is C7H10FN3O4S. The molecule has 16 heavy (non-hydrogen) atoms. The van der Waals surface area contributed by atoms with Crippen LogP contribution in [0, 0.1) is 0 Å². The highest BCUT2D eigenvalue weighted by Crippen LogP contribution is 2.12. The molecule has 1 aromatic rings. The zero-order chi connectivity index (χ0) is 12.3. The molecule has 0 aliphatic carbocycles. The lowest BCUT2D eigenvalue weighted by atomic mass is 10.4. The number of esters is 1. The number of halogens is 1. The summed E-state index contributed by atoms with van der Waals surface area (Å²) in [7, 11) is -3.85. The molecule has 0 amide bonds. The van der Waals surface area contributed by atoms with Crippen LogP contribution in [0.5, 0.6) is 0 Å². The molecule has 7 nitrogen and oxygen atoms in total. The standard InChI is InChI=1S/C7H10FN3O4S/c1-3-5-9-10-7(16(8,13)14)11(5)4-6(12)15-2/h3-4H2,1-2H3. The highest BCUT2D eigenvalue weighted by molar-refractivity contribution is 7.86. The van der Waals surface area contributed by atoms with Gasteiger partial charge in [-0.25, -0.2) is 0 Å². The predicted octanol–water partition coefficient (Wildman–Crippen LogP) is -0.328. The van der Waals surface area contributed by atoms with Gasteiger partial charge in [-0.15, -0.1) is 10.2 Å². The van der Waals surface area contributed by atoms with Gasteiger partial charge in [0.15, 0.2) is 0 Å². The number of ether oxygens (including phenoxy) is 1. The smallest absolute Gasteiger partial charge is 0.368 e. The fourth-order valence-electron chi connectivity index (χ4n) is 1.11. The van der Waals surface area contributed by atoms with Crippen molar-refractivity contribution in [2.45, 2.75) is 25.0 Å². The van der Waals surface area contributed by atoms with Crippen LogP contribution in [-0.4, -0.2) is 36.3 Å². The van der Waals surface area contributed by atoms with Gasteiger partial charge in [0.05, 0.1) is 7.11 Å². The third-order valence-electron chi connectivity index (χ3n) is 1.84. The summed E-state index contributed by atoms with van der Waals surface area (Å²) in [6.07, 6.45) is 0.319. The second-order valence-electron chi connectivity index (χ2n) is 2.85. The molecule has 0 N–H and O–H groups in total. The van der Waals surface area contributed by atoms with Crippen LogP contribution in [0.4, 0.5) is 3.89 Å². The number of aromatic nitrogens is 3. The molecule has 90 valence electrons. The van der Waals surface area contributed by atoms with Crippen LogP contribution < -0.4 is 0 Å². The van der Waals surface area contributed by atoms with E-state index in [9.17, 15) is 17.1 Å². The normalized spacial score (nSPS) is 11.4. The zero-order valence-corrected chi connectivity index (χ0v) is 9.49. The molecule has 0 saturated heterocycles. The van der Waals surface area contributed by atoms with Crippen molar-refractivity contribution in [1.29, 1.82) is 0 Å². The van der Waals surface area contributed by atoms with Crippen LogP contribution in [0.15, 0.2) is 5.16 Å². The molecule has 0 fully saturated rings. The van der Waals surface area contributed by atoms with E-state index in [1.807, 2.05) is 0 Å². The van der Waals surface area contributed by atoms with Crippen molar-refractivity contribution in [2.24, 2.45) is 0 Å². The van der Waals surface area contributed by atoms with Gasteiger partial charge in [0.2, 0.25) is 0 Å². The summed E-state index contributed by atoms with van der Waals surface area (Å²) in [5, 5.41) is 5.78. The van der Waals surface area contributed by atoms with Crippen LogP contribution in [0.2, 0.25) is 0 Å². The van der Waals surface area contributed by atoms with E-state index in [0.717, 1.165) is 11.7 Å². The summed E-state index contributed by atoms with van der Waals surface area (Å²) in [6, 6.07) is 0. The average Bonchev–Trinajstić information content (AvgIpc) is 2.60. The Bertz CT molecular complexity index is 496. The summed E-state index contributed by atoms with van der Waals surface area (Å²) in [5.74, 6) is -0.513. The monoisotopic (exact) mass is 251 g/mol. The summed E-state index contributed by atoms with van der Waals surface area (Å²) >= 11 is 0. The minimum Gasteiger partial charge on any atom is -0.468 e. The van der Waals surface area contributed by atoms with E-state index in [0.29, 0.717) is 6.42 Å². The van der Waals surface area contributed by atoms with Gasteiger partial charge >= 0.3 is 16.2 Å². The Morgan fingerprint density at radius 2 is 2.12 bits per heavy atom. The summed E-state index contributed by atoms with van der Waals surface area (Å²) in [6.45, 7) is 1.23. The number of methoxy groups -OCH3 is 1. The van der Waals surface area contributed by atoms with Gasteiger partial charge in [0, 0.05) is 6.42 Å². The van der Waals surface area contributed by atoms with Gasteiger partial charge in [-0.3, -0.25) is 9.36 Å². The van der Waals surface area contributed by atoms with Crippen molar-refractivity contribution in [3.63, 3.8) is 0 Å². The molecule has 0 unspecified atom stereocenters. The highest BCUT2D eigenvalue weighted by atomic mass is 32.3. The Kier molecular flexibility index (Phi) is 3.58. The quantitative estimate of drug-likeness (QED) is 0.537.